The van der Waals surface area contributed by atoms with Crippen molar-refractivity contribution in [2.24, 2.45) is 13.0 Å². The molecule has 0 fully saturated rings. The summed E-state index contributed by atoms with van der Waals surface area (Å²) in [6, 6.07) is 1.50. The molecule has 0 aliphatic heterocycles. The van der Waals surface area contributed by atoms with Crippen molar-refractivity contribution in [2.45, 2.75) is 38.1 Å². The van der Waals surface area contributed by atoms with E-state index < -0.39 is 10.0 Å². The average molecular weight is 315 g/mol. The van der Waals surface area contributed by atoms with E-state index in [2.05, 4.69) is 18.6 Å². The predicted octanol–water partition coefficient (Wildman–Crippen LogP) is 1.44. The van der Waals surface area contributed by atoms with Gasteiger partial charge in [-0.05, 0) is 32.4 Å². The van der Waals surface area contributed by atoms with Gasteiger partial charge in [-0.25, -0.2) is 13.1 Å². The van der Waals surface area contributed by atoms with Crippen molar-refractivity contribution >= 4 is 15.9 Å². The lowest BCUT2D eigenvalue weighted by Gasteiger charge is -2.26. The summed E-state index contributed by atoms with van der Waals surface area (Å²) in [4.78, 5) is 14.3. The van der Waals surface area contributed by atoms with E-state index in [9.17, 15) is 13.2 Å². The number of carbonyl (C=O) groups is 1. The number of rotatable bonds is 6. The number of aryl methyl sites for hydroxylation is 1. The highest BCUT2D eigenvalue weighted by Crippen LogP contribution is 2.17. The molecule has 0 aliphatic carbocycles. The first-order valence-corrected chi connectivity index (χ1v) is 8.45. The van der Waals surface area contributed by atoms with Crippen LogP contribution < -0.4 is 4.72 Å². The number of aromatic nitrogens is 1. The van der Waals surface area contributed by atoms with Gasteiger partial charge in [0.2, 0.25) is 10.0 Å². The Morgan fingerprint density at radius 3 is 2.43 bits per heavy atom. The zero-order chi connectivity index (χ0) is 16.4. The number of hydrogen-bond donors (Lipinski definition) is 1. The van der Waals surface area contributed by atoms with Crippen molar-refractivity contribution in [3.63, 3.8) is 0 Å². The molecule has 1 atom stereocenters. The van der Waals surface area contributed by atoms with Gasteiger partial charge in [-0.15, -0.1) is 0 Å². The van der Waals surface area contributed by atoms with Gasteiger partial charge in [0.25, 0.3) is 5.91 Å². The van der Waals surface area contributed by atoms with Gasteiger partial charge in [0.1, 0.15) is 10.6 Å². The van der Waals surface area contributed by atoms with E-state index in [1.165, 1.54) is 19.3 Å². The van der Waals surface area contributed by atoms with Crippen LogP contribution in [0.5, 0.6) is 0 Å². The van der Waals surface area contributed by atoms with Crippen LogP contribution in [0.1, 0.15) is 37.7 Å². The lowest BCUT2D eigenvalue weighted by atomic mass is 10.0. The highest BCUT2D eigenvalue weighted by atomic mass is 32.2. The fraction of sp³-hybridized carbons (Fsp3) is 0.643. The molecule has 0 aliphatic rings. The zero-order valence-corrected chi connectivity index (χ0v) is 14.4. The molecular weight excluding hydrogens is 290 g/mol. The second-order valence-corrected chi connectivity index (χ2v) is 7.66. The van der Waals surface area contributed by atoms with Crippen LogP contribution in [0.2, 0.25) is 0 Å². The van der Waals surface area contributed by atoms with Crippen LogP contribution >= 0.6 is 0 Å². The molecule has 1 aromatic heterocycles. The number of carbonyl (C=O) groups excluding carboxylic acids is 1. The number of nitrogens with zero attached hydrogens (tertiary/aromatic N) is 2. The molecule has 0 unspecified atom stereocenters. The Hall–Kier alpha value is -1.34. The molecule has 6 nitrogen and oxygen atoms in total. The third-order valence-corrected chi connectivity index (χ3v) is 4.95. The van der Waals surface area contributed by atoms with E-state index in [0.29, 0.717) is 11.6 Å². The smallest absolute Gasteiger partial charge is 0.270 e. The van der Waals surface area contributed by atoms with E-state index in [1.807, 2.05) is 6.92 Å². The number of amides is 1. The first-order chi connectivity index (χ1) is 9.60. The van der Waals surface area contributed by atoms with E-state index in [4.69, 9.17) is 0 Å². The Morgan fingerprint density at radius 2 is 1.95 bits per heavy atom. The minimum atomic E-state index is -3.54. The number of hydrogen-bond acceptors (Lipinski definition) is 3. The van der Waals surface area contributed by atoms with Crippen LogP contribution in [0.25, 0.3) is 0 Å². The SMILES string of the molecule is CNS(=O)(=O)c1cc(C(=O)N(C)[C@H](C)CC(C)C)n(C)c1. The number of nitrogens with one attached hydrogen (secondary N) is 1. The average Bonchev–Trinajstić information content (AvgIpc) is 2.79. The third-order valence-electron chi connectivity index (χ3n) is 3.57. The molecule has 0 spiro atoms. The molecule has 0 saturated heterocycles. The van der Waals surface area contributed by atoms with E-state index >= 15 is 0 Å². The van der Waals surface area contributed by atoms with E-state index in [-0.39, 0.29) is 16.8 Å². The Bertz CT molecular complexity index is 605. The molecule has 1 heterocycles. The van der Waals surface area contributed by atoms with Gasteiger partial charge in [0.05, 0.1) is 0 Å². The molecule has 1 aromatic rings. The molecule has 1 amide bonds. The maximum absolute atomic E-state index is 12.5. The summed E-state index contributed by atoms with van der Waals surface area (Å²) >= 11 is 0. The highest BCUT2D eigenvalue weighted by Gasteiger charge is 2.23. The second-order valence-electron chi connectivity index (χ2n) is 5.77. The molecule has 1 N–H and O–H groups in total. The maximum atomic E-state index is 12.5. The lowest BCUT2D eigenvalue weighted by molar-refractivity contribution is 0.0718. The molecule has 7 heteroatoms. The fourth-order valence-corrected chi connectivity index (χ4v) is 3.03. The van der Waals surface area contributed by atoms with Crippen molar-refractivity contribution in [2.75, 3.05) is 14.1 Å². The van der Waals surface area contributed by atoms with Crippen molar-refractivity contribution < 1.29 is 13.2 Å². The summed E-state index contributed by atoms with van der Waals surface area (Å²) in [5, 5.41) is 0. The summed E-state index contributed by atoms with van der Waals surface area (Å²) in [5.41, 5.74) is 0.363. The van der Waals surface area contributed by atoms with Crippen LogP contribution in [0.15, 0.2) is 17.2 Å². The fourth-order valence-electron chi connectivity index (χ4n) is 2.23. The summed E-state index contributed by atoms with van der Waals surface area (Å²) in [5.74, 6) is 0.312. The second kappa shape index (κ2) is 6.62. The van der Waals surface area contributed by atoms with Crippen molar-refractivity contribution in [1.29, 1.82) is 0 Å². The number of sulfonamides is 1. The molecule has 1 rings (SSSR count). The van der Waals surface area contributed by atoms with Crippen LogP contribution in [-0.4, -0.2) is 43.9 Å². The Balaban J connectivity index is 3.04. The van der Waals surface area contributed by atoms with E-state index in [1.54, 1.807) is 23.6 Å². The molecule has 0 radical (unpaired) electrons. The van der Waals surface area contributed by atoms with Gasteiger partial charge in [0.15, 0.2) is 0 Å². The first-order valence-electron chi connectivity index (χ1n) is 6.97. The van der Waals surface area contributed by atoms with Crippen molar-refractivity contribution in [3.8, 4) is 0 Å². The topological polar surface area (TPSA) is 71.4 Å². The minimum Gasteiger partial charge on any atom is -0.345 e. The lowest BCUT2D eigenvalue weighted by Crippen LogP contribution is -2.36. The zero-order valence-electron chi connectivity index (χ0n) is 13.5. The molecular formula is C14H25N3O3S. The van der Waals surface area contributed by atoms with Crippen LogP contribution in [-0.2, 0) is 17.1 Å². The Kier molecular flexibility index (Phi) is 5.58. The normalized spacial score (nSPS) is 13.5. The first kappa shape index (κ1) is 17.7. The quantitative estimate of drug-likeness (QED) is 0.863. The largest absolute Gasteiger partial charge is 0.345 e. The van der Waals surface area contributed by atoms with Gasteiger partial charge < -0.3 is 9.47 Å². The predicted molar refractivity (Wildman–Crippen MR) is 82.7 cm³/mol. The third kappa shape index (κ3) is 4.07. The maximum Gasteiger partial charge on any atom is 0.270 e. The van der Waals surface area contributed by atoms with E-state index in [0.717, 1.165) is 6.42 Å². The standard InChI is InChI=1S/C14H25N3O3S/c1-10(2)7-11(3)17(6)14(18)13-8-12(9-16(13)5)21(19,20)15-4/h8-11,15H,7H2,1-6H3/t11-/m1/s1. The van der Waals surface area contributed by atoms with Crippen LogP contribution in [0.3, 0.4) is 0 Å². The monoisotopic (exact) mass is 315 g/mol. The molecule has 0 bridgehead atoms. The summed E-state index contributed by atoms with van der Waals surface area (Å²) < 4.78 is 27.4. The summed E-state index contributed by atoms with van der Waals surface area (Å²) in [6.45, 7) is 6.20. The van der Waals surface area contributed by atoms with Gasteiger partial charge in [-0.3, -0.25) is 4.79 Å². The van der Waals surface area contributed by atoms with Gasteiger partial charge in [0, 0.05) is 26.3 Å². The molecule has 0 saturated carbocycles. The van der Waals surface area contributed by atoms with Gasteiger partial charge in [-0.2, -0.15) is 0 Å². The summed E-state index contributed by atoms with van der Waals surface area (Å²) in [7, 11) is 1.22. The van der Waals surface area contributed by atoms with Crippen molar-refractivity contribution in [1.82, 2.24) is 14.2 Å². The van der Waals surface area contributed by atoms with Gasteiger partial charge >= 0.3 is 0 Å². The van der Waals surface area contributed by atoms with Gasteiger partial charge in [-0.1, -0.05) is 13.8 Å². The van der Waals surface area contributed by atoms with Crippen LogP contribution in [0.4, 0.5) is 0 Å². The highest BCUT2D eigenvalue weighted by molar-refractivity contribution is 7.89. The Morgan fingerprint density at radius 1 is 1.38 bits per heavy atom. The summed E-state index contributed by atoms with van der Waals surface area (Å²) in [6.07, 6.45) is 2.34. The molecule has 0 aromatic carbocycles. The van der Waals surface area contributed by atoms with Crippen LogP contribution in [0, 0.1) is 5.92 Å². The Labute approximate surface area is 127 Å². The molecule has 21 heavy (non-hydrogen) atoms. The van der Waals surface area contributed by atoms with Crippen molar-refractivity contribution in [3.05, 3.63) is 18.0 Å². The molecule has 120 valence electrons. The minimum absolute atomic E-state index is 0.0942.